The maximum Gasteiger partial charge on any atom is 0.176 e. The Balaban J connectivity index is 2.01. The topological polar surface area (TPSA) is 29.5 Å². The average Bonchev–Trinajstić information content (AvgIpc) is 2.39. The molecule has 0 bridgehead atoms. The third-order valence-corrected chi connectivity index (χ3v) is 3.53. The van der Waals surface area contributed by atoms with E-state index >= 15 is 0 Å². The van der Waals surface area contributed by atoms with E-state index in [1.807, 2.05) is 25.1 Å². The molecule has 3 heteroatoms. The van der Waals surface area contributed by atoms with Crippen LogP contribution in [0.5, 0.6) is 5.75 Å². The number of methoxy groups -OCH3 is 1. The maximum absolute atomic E-state index is 12.2. The largest absolute Gasteiger partial charge is 0.496 e. The zero-order valence-electron chi connectivity index (χ0n) is 11.2. The fraction of sp³-hybridized carbons (Fsp3) is 0.533. The third-order valence-electron chi connectivity index (χ3n) is 3.53. The molecular weight excluding hydrogens is 226 g/mol. The lowest BCUT2D eigenvalue weighted by Crippen LogP contribution is -2.34. The number of likely N-dealkylation sites (tertiary alicyclic amines) is 1. The van der Waals surface area contributed by atoms with E-state index in [4.69, 9.17) is 4.74 Å². The number of aryl methyl sites for hydroxylation is 1. The van der Waals surface area contributed by atoms with Gasteiger partial charge >= 0.3 is 0 Å². The first-order valence-electron chi connectivity index (χ1n) is 6.61. The Kier molecular flexibility index (Phi) is 4.37. The number of carbonyl (C=O) groups excluding carboxylic acids is 1. The van der Waals surface area contributed by atoms with Crippen molar-refractivity contribution < 1.29 is 9.53 Å². The van der Waals surface area contributed by atoms with E-state index in [0.29, 0.717) is 6.54 Å². The number of rotatable bonds is 4. The fourth-order valence-corrected chi connectivity index (χ4v) is 2.46. The molecule has 0 saturated carbocycles. The van der Waals surface area contributed by atoms with Crippen LogP contribution < -0.4 is 4.74 Å². The molecule has 18 heavy (non-hydrogen) atoms. The molecule has 1 heterocycles. The fourth-order valence-electron chi connectivity index (χ4n) is 2.46. The predicted molar refractivity (Wildman–Crippen MR) is 72.4 cm³/mol. The first-order valence-corrected chi connectivity index (χ1v) is 6.61. The molecule has 0 radical (unpaired) electrons. The summed E-state index contributed by atoms with van der Waals surface area (Å²) in [7, 11) is 1.65. The first-order chi connectivity index (χ1) is 8.70. The Hall–Kier alpha value is -1.35. The lowest BCUT2D eigenvalue weighted by Gasteiger charge is -2.25. The van der Waals surface area contributed by atoms with Gasteiger partial charge < -0.3 is 4.74 Å². The van der Waals surface area contributed by atoms with Gasteiger partial charge in [0.05, 0.1) is 13.7 Å². The van der Waals surface area contributed by atoms with E-state index in [0.717, 1.165) is 30.0 Å². The molecule has 0 amide bonds. The van der Waals surface area contributed by atoms with Gasteiger partial charge in [0.25, 0.3) is 0 Å². The summed E-state index contributed by atoms with van der Waals surface area (Å²) in [6.07, 6.45) is 3.73. The molecule has 0 aliphatic carbocycles. The lowest BCUT2D eigenvalue weighted by atomic mass is 10.1. The molecule has 1 fully saturated rings. The van der Waals surface area contributed by atoms with E-state index in [2.05, 4.69) is 4.90 Å². The van der Waals surface area contributed by atoms with Gasteiger partial charge in [-0.1, -0.05) is 6.42 Å². The van der Waals surface area contributed by atoms with Gasteiger partial charge in [0.1, 0.15) is 5.75 Å². The van der Waals surface area contributed by atoms with Crippen molar-refractivity contribution in [2.75, 3.05) is 26.7 Å². The predicted octanol–water partition coefficient (Wildman–Crippen LogP) is 2.67. The highest BCUT2D eigenvalue weighted by Crippen LogP contribution is 2.19. The van der Waals surface area contributed by atoms with Crippen molar-refractivity contribution in [2.45, 2.75) is 26.2 Å². The summed E-state index contributed by atoms with van der Waals surface area (Å²) in [5.74, 6) is 1.05. The van der Waals surface area contributed by atoms with Gasteiger partial charge in [0.2, 0.25) is 0 Å². The van der Waals surface area contributed by atoms with Gasteiger partial charge in [-0.05, 0) is 56.6 Å². The molecule has 0 unspecified atom stereocenters. The number of carbonyl (C=O) groups is 1. The number of nitrogens with zero attached hydrogens (tertiary/aromatic N) is 1. The zero-order chi connectivity index (χ0) is 13.0. The van der Waals surface area contributed by atoms with Gasteiger partial charge in [-0.15, -0.1) is 0 Å². The lowest BCUT2D eigenvalue weighted by molar-refractivity contribution is 0.0915. The summed E-state index contributed by atoms with van der Waals surface area (Å²) in [4.78, 5) is 14.4. The normalized spacial score (nSPS) is 16.6. The number of hydrogen-bond donors (Lipinski definition) is 0. The number of ether oxygens (including phenoxy) is 1. The van der Waals surface area contributed by atoms with E-state index in [1.54, 1.807) is 7.11 Å². The average molecular weight is 247 g/mol. The molecule has 0 N–H and O–H groups in total. The summed E-state index contributed by atoms with van der Waals surface area (Å²) < 4.78 is 5.21. The minimum Gasteiger partial charge on any atom is -0.496 e. The smallest absolute Gasteiger partial charge is 0.176 e. The second-order valence-corrected chi connectivity index (χ2v) is 4.94. The summed E-state index contributed by atoms with van der Waals surface area (Å²) in [6.45, 7) is 4.63. The molecule has 1 aromatic rings. The number of hydrogen-bond acceptors (Lipinski definition) is 3. The molecule has 0 atom stereocenters. The minimum atomic E-state index is 0.211. The van der Waals surface area contributed by atoms with Gasteiger partial charge in [0.15, 0.2) is 5.78 Å². The third kappa shape index (κ3) is 3.10. The van der Waals surface area contributed by atoms with E-state index in [-0.39, 0.29) is 5.78 Å². The van der Waals surface area contributed by atoms with Crippen LogP contribution in [-0.4, -0.2) is 37.4 Å². The Morgan fingerprint density at radius 1 is 1.28 bits per heavy atom. The van der Waals surface area contributed by atoms with Crippen molar-refractivity contribution in [2.24, 2.45) is 0 Å². The van der Waals surface area contributed by atoms with Crippen LogP contribution in [0, 0.1) is 6.92 Å². The molecule has 1 aromatic carbocycles. The van der Waals surface area contributed by atoms with Gasteiger partial charge in [-0.25, -0.2) is 0 Å². The molecular formula is C15H21NO2. The summed E-state index contributed by atoms with van der Waals surface area (Å²) >= 11 is 0. The van der Waals surface area contributed by atoms with Crippen molar-refractivity contribution in [1.82, 2.24) is 4.90 Å². The summed E-state index contributed by atoms with van der Waals surface area (Å²) in [6, 6.07) is 5.65. The van der Waals surface area contributed by atoms with Crippen molar-refractivity contribution >= 4 is 5.78 Å². The molecule has 0 aromatic heterocycles. The molecule has 98 valence electrons. The molecule has 1 saturated heterocycles. The Morgan fingerprint density at radius 2 is 2.00 bits per heavy atom. The van der Waals surface area contributed by atoms with Crippen molar-refractivity contribution in [3.05, 3.63) is 29.3 Å². The Labute approximate surface area is 109 Å². The van der Waals surface area contributed by atoms with E-state index in [9.17, 15) is 4.79 Å². The summed E-state index contributed by atoms with van der Waals surface area (Å²) in [5.41, 5.74) is 1.81. The van der Waals surface area contributed by atoms with Crippen LogP contribution in [0.15, 0.2) is 18.2 Å². The molecule has 1 aliphatic heterocycles. The van der Waals surface area contributed by atoms with Crippen LogP contribution in [0.3, 0.4) is 0 Å². The molecule has 2 rings (SSSR count). The quantitative estimate of drug-likeness (QED) is 0.766. The number of ketones is 1. The zero-order valence-corrected chi connectivity index (χ0v) is 11.2. The molecule has 1 aliphatic rings. The standard InChI is InChI=1S/C15H21NO2/c1-12-10-13(6-7-15(12)18-2)14(17)11-16-8-4-3-5-9-16/h6-7,10H,3-5,8-9,11H2,1-2H3. The number of benzene rings is 1. The van der Waals surface area contributed by atoms with Crippen LogP contribution in [0.25, 0.3) is 0 Å². The van der Waals surface area contributed by atoms with Gasteiger partial charge in [-0.2, -0.15) is 0 Å². The van der Waals surface area contributed by atoms with E-state index in [1.165, 1.54) is 19.3 Å². The number of piperidine rings is 1. The van der Waals surface area contributed by atoms with Crippen LogP contribution >= 0.6 is 0 Å². The number of Topliss-reactive ketones (excluding diaryl/α,β-unsaturated/α-hetero) is 1. The summed E-state index contributed by atoms with van der Waals surface area (Å²) in [5, 5.41) is 0. The SMILES string of the molecule is COc1ccc(C(=O)CN2CCCCC2)cc1C. The van der Waals surface area contributed by atoms with Gasteiger partial charge in [-0.3, -0.25) is 9.69 Å². The van der Waals surface area contributed by atoms with Crippen molar-refractivity contribution in [3.8, 4) is 5.75 Å². The maximum atomic E-state index is 12.2. The monoisotopic (exact) mass is 247 g/mol. The Morgan fingerprint density at radius 3 is 2.61 bits per heavy atom. The first kappa shape index (κ1) is 13.1. The highest BCUT2D eigenvalue weighted by Gasteiger charge is 2.15. The van der Waals surface area contributed by atoms with Crippen LogP contribution in [0.4, 0.5) is 0 Å². The van der Waals surface area contributed by atoms with E-state index < -0.39 is 0 Å². The highest BCUT2D eigenvalue weighted by atomic mass is 16.5. The van der Waals surface area contributed by atoms with Crippen LogP contribution in [0.2, 0.25) is 0 Å². The van der Waals surface area contributed by atoms with Crippen molar-refractivity contribution in [1.29, 1.82) is 0 Å². The highest BCUT2D eigenvalue weighted by molar-refractivity contribution is 5.97. The second-order valence-electron chi connectivity index (χ2n) is 4.94. The van der Waals surface area contributed by atoms with Crippen LogP contribution in [0.1, 0.15) is 35.2 Å². The molecule has 0 spiro atoms. The van der Waals surface area contributed by atoms with Gasteiger partial charge in [0, 0.05) is 5.56 Å². The molecule has 3 nitrogen and oxygen atoms in total. The Bertz CT molecular complexity index is 423. The van der Waals surface area contributed by atoms with Crippen LogP contribution in [-0.2, 0) is 0 Å². The minimum absolute atomic E-state index is 0.211. The van der Waals surface area contributed by atoms with Crippen molar-refractivity contribution in [3.63, 3.8) is 0 Å². The second kappa shape index (κ2) is 6.01.